The lowest BCUT2D eigenvalue weighted by atomic mass is 9.87. The third-order valence-electron chi connectivity index (χ3n) is 5.54. The second-order valence-electron chi connectivity index (χ2n) is 9.08. The molecule has 0 atom stereocenters. The van der Waals surface area contributed by atoms with Gasteiger partial charge in [-0.3, -0.25) is 4.79 Å². The van der Waals surface area contributed by atoms with Crippen molar-refractivity contribution in [2.24, 2.45) is 0 Å². The Morgan fingerprint density at radius 2 is 1.82 bits per heavy atom. The molecule has 0 unspecified atom stereocenters. The Morgan fingerprint density at radius 3 is 2.52 bits per heavy atom. The number of rotatable bonds is 6. The van der Waals surface area contributed by atoms with E-state index in [1.165, 1.54) is 11.9 Å². The number of hydrogen-bond acceptors (Lipinski definition) is 5. The van der Waals surface area contributed by atoms with Gasteiger partial charge in [-0.05, 0) is 48.6 Å². The molecule has 0 saturated heterocycles. The summed E-state index contributed by atoms with van der Waals surface area (Å²) in [5, 5.41) is 8.47. The second-order valence-corrected chi connectivity index (χ2v) is 10.1. The van der Waals surface area contributed by atoms with E-state index in [0.29, 0.717) is 11.3 Å². The molecule has 2 aromatic carbocycles. The third-order valence-corrected chi connectivity index (χ3v) is 6.73. The Bertz CT molecular complexity index is 1290. The predicted octanol–water partition coefficient (Wildman–Crippen LogP) is 6.09. The molecular weight excluding hydrogens is 430 g/mol. The first-order valence-corrected chi connectivity index (χ1v) is 12.0. The van der Waals surface area contributed by atoms with Crippen LogP contribution in [0, 0.1) is 6.92 Å². The largest absolute Gasteiger partial charge is 0.321 e. The van der Waals surface area contributed by atoms with Gasteiger partial charge in [0.1, 0.15) is 11.4 Å². The number of fused-ring (bicyclic) bond motifs is 1. The van der Waals surface area contributed by atoms with Crippen molar-refractivity contribution in [1.29, 1.82) is 0 Å². The van der Waals surface area contributed by atoms with Gasteiger partial charge in [-0.1, -0.05) is 70.1 Å². The number of carbonyl (C=O) groups is 1. The Labute approximate surface area is 198 Å². The molecule has 4 aromatic rings. The van der Waals surface area contributed by atoms with Crippen LogP contribution in [0.1, 0.15) is 61.3 Å². The average molecular weight is 460 g/mol. The number of nitrogens with one attached hydrogen (secondary N) is 1. The van der Waals surface area contributed by atoms with Gasteiger partial charge in [-0.2, -0.15) is 14.6 Å². The highest BCUT2D eigenvalue weighted by Gasteiger charge is 2.18. The summed E-state index contributed by atoms with van der Waals surface area (Å²) in [6.07, 6.45) is 3.42. The number of nitrogens with zero attached hydrogens (tertiary/aromatic N) is 4. The molecule has 0 aliphatic rings. The van der Waals surface area contributed by atoms with Gasteiger partial charge < -0.3 is 5.32 Å². The van der Waals surface area contributed by atoms with E-state index < -0.39 is 0 Å². The molecule has 1 amide bonds. The Morgan fingerprint density at radius 1 is 1.09 bits per heavy atom. The zero-order valence-electron chi connectivity index (χ0n) is 19.7. The minimum absolute atomic E-state index is 0.0454. The van der Waals surface area contributed by atoms with Gasteiger partial charge in [0.15, 0.2) is 0 Å². The Hall–Kier alpha value is -3.19. The van der Waals surface area contributed by atoms with E-state index in [0.717, 1.165) is 39.7 Å². The average Bonchev–Trinajstić information content (AvgIpc) is 3.25. The van der Waals surface area contributed by atoms with Gasteiger partial charge >= 0.3 is 0 Å². The number of anilines is 1. The van der Waals surface area contributed by atoms with Crippen LogP contribution in [0.15, 0.2) is 64.8 Å². The number of amides is 1. The SMILES string of the molecule is CCCc1c(C)nc2ncnn2c1Sc1ccccc1NC(=O)c1ccc(C(C)(C)C)cc1. The highest BCUT2D eigenvalue weighted by molar-refractivity contribution is 7.99. The van der Waals surface area contributed by atoms with E-state index in [1.807, 2.05) is 55.5 Å². The van der Waals surface area contributed by atoms with Crippen LogP contribution in [0.5, 0.6) is 0 Å². The number of hydrogen-bond donors (Lipinski definition) is 1. The van der Waals surface area contributed by atoms with Crippen LogP contribution >= 0.6 is 11.8 Å². The van der Waals surface area contributed by atoms with Crippen LogP contribution < -0.4 is 5.32 Å². The van der Waals surface area contributed by atoms with E-state index >= 15 is 0 Å². The van der Waals surface area contributed by atoms with E-state index in [1.54, 1.807) is 16.3 Å². The summed E-state index contributed by atoms with van der Waals surface area (Å²) in [4.78, 5) is 22.8. The minimum Gasteiger partial charge on any atom is -0.321 e. The second kappa shape index (κ2) is 9.35. The number of aryl methyl sites for hydroxylation is 1. The molecule has 4 rings (SSSR count). The maximum atomic E-state index is 13.0. The van der Waals surface area contributed by atoms with Gasteiger partial charge in [-0.15, -0.1) is 0 Å². The van der Waals surface area contributed by atoms with E-state index in [9.17, 15) is 4.79 Å². The quantitative estimate of drug-likeness (QED) is 0.353. The molecule has 0 aliphatic heterocycles. The maximum Gasteiger partial charge on any atom is 0.255 e. The summed E-state index contributed by atoms with van der Waals surface area (Å²) in [6.45, 7) is 10.6. The summed E-state index contributed by atoms with van der Waals surface area (Å²) in [7, 11) is 0. The van der Waals surface area contributed by atoms with Crippen LogP contribution in [0.2, 0.25) is 0 Å². The van der Waals surface area contributed by atoms with Crippen molar-refractivity contribution in [3.63, 3.8) is 0 Å². The molecule has 170 valence electrons. The zero-order valence-corrected chi connectivity index (χ0v) is 20.5. The number of aromatic nitrogens is 4. The molecular formula is C26H29N5OS. The molecule has 0 aliphatic carbocycles. The van der Waals surface area contributed by atoms with Crippen molar-refractivity contribution in [3.8, 4) is 0 Å². The Kier molecular flexibility index (Phi) is 6.51. The minimum atomic E-state index is -0.130. The lowest BCUT2D eigenvalue weighted by Crippen LogP contribution is -2.14. The highest BCUT2D eigenvalue weighted by Crippen LogP contribution is 2.36. The first kappa shape index (κ1) is 23.0. The summed E-state index contributed by atoms with van der Waals surface area (Å²) in [5.41, 5.74) is 4.75. The smallest absolute Gasteiger partial charge is 0.255 e. The molecule has 0 spiro atoms. The topological polar surface area (TPSA) is 72.2 Å². The first-order chi connectivity index (χ1) is 15.8. The van der Waals surface area contributed by atoms with Crippen LogP contribution in [-0.2, 0) is 11.8 Å². The van der Waals surface area contributed by atoms with Crippen LogP contribution in [-0.4, -0.2) is 25.5 Å². The summed E-state index contributed by atoms with van der Waals surface area (Å²) < 4.78 is 1.78. The van der Waals surface area contributed by atoms with Crippen LogP contribution in [0.4, 0.5) is 5.69 Å². The van der Waals surface area contributed by atoms with E-state index in [4.69, 9.17) is 0 Å². The van der Waals surface area contributed by atoms with Crippen molar-refractivity contribution >= 4 is 29.1 Å². The van der Waals surface area contributed by atoms with Gasteiger partial charge in [-0.25, -0.2) is 4.98 Å². The molecule has 0 radical (unpaired) electrons. The van der Waals surface area contributed by atoms with Crippen molar-refractivity contribution in [3.05, 3.63) is 77.2 Å². The van der Waals surface area contributed by atoms with Crippen molar-refractivity contribution in [1.82, 2.24) is 19.6 Å². The fourth-order valence-electron chi connectivity index (χ4n) is 3.68. The number of carbonyl (C=O) groups excluding carboxylic acids is 1. The number of para-hydroxylation sites is 1. The summed E-state index contributed by atoms with van der Waals surface area (Å²) >= 11 is 1.58. The van der Waals surface area contributed by atoms with Crippen molar-refractivity contribution in [2.45, 2.75) is 62.8 Å². The number of benzene rings is 2. The Balaban J connectivity index is 1.65. The molecule has 1 N–H and O–H groups in total. The van der Waals surface area contributed by atoms with Crippen LogP contribution in [0.3, 0.4) is 0 Å². The normalized spacial score (nSPS) is 11.7. The molecule has 33 heavy (non-hydrogen) atoms. The molecule has 0 bridgehead atoms. The molecule has 0 fully saturated rings. The van der Waals surface area contributed by atoms with E-state index in [2.05, 4.69) is 48.1 Å². The van der Waals surface area contributed by atoms with Crippen LogP contribution in [0.25, 0.3) is 5.78 Å². The lowest BCUT2D eigenvalue weighted by molar-refractivity contribution is 0.102. The molecule has 2 aromatic heterocycles. The fraction of sp³-hybridized carbons (Fsp3) is 0.308. The highest BCUT2D eigenvalue weighted by atomic mass is 32.2. The van der Waals surface area contributed by atoms with Gasteiger partial charge in [0.05, 0.1) is 5.69 Å². The maximum absolute atomic E-state index is 13.0. The van der Waals surface area contributed by atoms with Crippen molar-refractivity contribution in [2.75, 3.05) is 5.32 Å². The third kappa shape index (κ3) is 4.93. The van der Waals surface area contributed by atoms with Gasteiger partial charge in [0.2, 0.25) is 0 Å². The van der Waals surface area contributed by atoms with Gasteiger partial charge in [0, 0.05) is 21.7 Å². The monoisotopic (exact) mass is 459 g/mol. The summed E-state index contributed by atoms with van der Waals surface area (Å²) in [6, 6.07) is 15.7. The fourth-order valence-corrected chi connectivity index (χ4v) is 4.85. The molecule has 0 saturated carbocycles. The predicted molar refractivity (Wildman–Crippen MR) is 133 cm³/mol. The summed E-state index contributed by atoms with van der Waals surface area (Å²) in [5.74, 6) is 0.449. The molecule has 7 heteroatoms. The molecule has 6 nitrogen and oxygen atoms in total. The van der Waals surface area contributed by atoms with Crippen molar-refractivity contribution < 1.29 is 4.79 Å². The molecule has 2 heterocycles. The lowest BCUT2D eigenvalue weighted by Gasteiger charge is -2.19. The standard InChI is InChI=1S/C26H29N5OS/c1-6-9-20-17(2)29-25-27-16-28-31(25)24(20)33-22-11-8-7-10-21(22)30-23(32)18-12-14-19(15-13-18)26(3,4)5/h7-8,10-16H,6,9H2,1-5H3,(H,30,32). The van der Waals surface area contributed by atoms with E-state index in [-0.39, 0.29) is 11.3 Å². The first-order valence-electron chi connectivity index (χ1n) is 11.2. The zero-order chi connectivity index (χ0) is 23.6. The van der Waals surface area contributed by atoms with Gasteiger partial charge in [0.25, 0.3) is 11.7 Å².